The fraction of sp³-hybridized carbons (Fsp3) is 0.667. The summed E-state index contributed by atoms with van der Waals surface area (Å²) in [4.78, 5) is 53.0. The van der Waals surface area contributed by atoms with Crippen molar-refractivity contribution in [3.8, 4) is 0 Å². The highest BCUT2D eigenvalue weighted by Gasteiger charge is 2.74. The van der Waals surface area contributed by atoms with Crippen LogP contribution in [0, 0.1) is 0 Å². The van der Waals surface area contributed by atoms with E-state index in [-0.39, 0.29) is 0 Å². The first-order chi connectivity index (χ1) is 9.02. The summed E-state index contributed by atoms with van der Waals surface area (Å²) in [5, 5.41) is 0. The van der Waals surface area contributed by atoms with Gasteiger partial charge in [0.15, 0.2) is 11.3 Å². The molecule has 2 aliphatic rings. The highest BCUT2D eigenvalue weighted by molar-refractivity contribution is 6.03. The minimum atomic E-state index is -1.24. The van der Waals surface area contributed by atoms with Crippen molar-refractivity contribution in [2.24, 2.45) is 0 Å². The molecule has 0 spiro atoms. The van der Waals surface area contributed by atoms with E-state index < -0.39 is 35.2 Å². The van der Waals surface area contributed by atoms with Crippen molar-refractivity contribution < 1.29 is 19.2 Å². The standard InChI is InChI=1S/C12H18N4O4/c1-7(17)15-9(19)13(5)12(4)11(15,3)14(6)10(20)16(12)8(2)18/h1-6H3/t11-,12-/m1/s1. The van der Waals surface area contributed by atoms with Crippen LogP contribution in [0.15, 0.2) is 0 Å². The molecule has 20 heavy (non-hydrogen) atoms. The second kappa shape index (κ2) is 3.71. The van der Waals surface area contributed by atoms with Gasteiger partial charge in [-0.2, -0.15) is 0 Å². The fourth-order valence-corrected chi connectivity index (χ4v) is 3.29. The minimum Gasteiger partial charge on any atom is -0.300 e. The summed E-state index contributed by atoms with van der Waals surface area (Å²) < 4.78 is 0. The van der Waals surface area contributed by atoms with Crippen LogP contribution in [0.1, 0.15) is 27.7 Å². The Balaban J connectivity index is 2.75. The highest BCUT2D eigenvalue weighted by Crippen LogP contribution is 2.49. The van der Waals surface area contributed by atoms with Crippen LogP contribution in [0.4, 0.5) is 9.59 Å². The maximum absolute atomic E-state index is 12.3. The Bertz CT molecular complexity index is 500. The average Bonchev–Trinajstić information content (AvgIpc) is 2.57. The Hall–Kier alpha value is -2.12. The summed E-state index contributed by atoms with van der Waals surface area (Å²) in [5.74, 6) is -0.948. The number of imide groups is 2. The quantitative estimate of drug-likeness (QED) is 0.637. The lowest BCUT2D eigenvalue weighted by atomic mass is 9.95. The summed E-state index contributed by atoms with van der Waals surface area (Å²) >= 11 is 0. The Morgan fingerprint density at radius 1 is 0.800 bits per heavy atom. The topological polar surface area (TPSA) is 81.2 Å². The highest BCUT2D eigenvalue weighted by atomic mass is 16.2. The van der Waals surface area contributed by atoms with E-state index in [9.17, 15) is 19.2 Å². The number of fused-ring (bicyclic) bond motifs is 1. The van der Waals surface area contributed by atoms with Crippen LogP contribution in [0.3, 0.4) is 0 Å². The summed E-state index contributed by atoms with van der Waals surface area (Å²) in [5.41, 5.74) is -2.49. The van der Waals surface area contributed by atoms with E-state index >= 15 is 0 Å². The number of rotatable bonds is 0. The van der Waals surface area contributed by atoms with E-state index in [0.29, 0.717) is 0 Å². The summed E-state index contributed by atoms with van der Waals surface area (Å²) in [6.07, 6.45) is 0. The zero-order valence-corrected chi connectivity index (χ0v) is 12.4. The van der Waals surface area contributed by atoms with Crippen LogP contribution in [-0.4, -0.2) is 68.9 Å². The first kappa shape index (κ1) is 14.3. The van der Waals surface area contributed by atoms with Gasteiger partial charge in [0.25, 0.3) is 0 Å². The number of nitrogens with zero attached hydrogens (tertiary/aromatic N) is 4. The maximum Gasteiger partial charge on any atom is 0.330 e. The number of amides is 6. The second-order valence-corrected chi connectivity index (χ2v) is 5.43. The first-order valence-corrected chi connectivity index (χ1v) is 6.20. The normalized spacial score (nSPS) is 33.1. The molecule has 0 aromatic heterocycles. The average molecular weight is 282 g/mol. The lowest BCUT2D eigenvalue weighted by Crippen LogP contribution is -2.65. The number of hydrogen-bond donors (Lipinski definition) is 0. The Morgan fingerprint density at radius 2 is 1.05 bits per heavy atom. The van der Waals surface area contributed by atoms with Gasteiger partial charge in [0.1, 0.15) is 0 Å². The van der Waals surface area contributed by atoms with Crippen LogP contribution in [0.5, 0.6) is 0 Å². The van der Waals surface area contributed by atoms with E-state index in [1.807, 2.05) is 0 Å². The molecule has 2 rings (SSSR count). The monoisotopic (exact) mass is 282 g/mol. The van der Waals surface area contributed by atoms with Gasteiger partial charge in [-0.25, -0.2) is 19.4 Å². The molecular formula is C12H18N4O4. The van der Waals surface area contributed by atoms with E-state index in [4.69, 9.17) is 0 Å². The molecule has 110 valence electrons. The lowest BCUT2D eigenvalue weighted by Gasteiger charge is -2.42. The molecular weight excluding hydrogens is 264 g/mol. The smallest absolute Gasteiger partial charge is 0.300 e. The molecule has 2 atom stereocenters. The molecule has 0 aromatic rings. The molecule has 8 heteroatoms. The Kier molecular flexibility index (Phi) is 2.65. The SMILES string of the molecule is CC(=O)N1C(=O)N(C)[C@]2(C)N(C(C)=O)C(=O)N(C)[C@]12C. The molecule has 2 heterocycles. The van der Waals surface area contributed by atoms with Gasteiger partial charge in [-0.15, -0.1) is 0 Å². The van der Waals surface area contributed by atoms with Gasteiger partial charge in [0, 0.05) is 27.9 Å². The van der Waals surface area contributed by atoms with Crippen molar-refractivity contribution in [3.05, 3.63) is 0 Å². The second-order valence-electron chi connectivity index (χ2n) is 5.43. The third-order valence-electron chi connectivity index (χ3n) is 4.66. The zero-order chi connectivity index (χ0) is 15.6. The molecule has 6 amide bonds. The van der Waals surface area contributed by atoms with Gasteiger partial charge in [0.05, 0.1) is 0 Å². The number of urea groups is 2. The zero-order valence-electron chi connectivity index (χ0n) is 12.4. The largest absolute Gasteiger partial charge is 0.330 e. The Morgan fingerprint density at radius 3 is 1.25 bits per heavy atom. The van der Waals surface area contributed by atoms with Crippen molar-refractivity contribution in [3.63, 3.8) is 0 Å². The van der Waals surface area contributed by atoms with Crippen molar-refractivity contribution in [1.29, 1.82) is 0 Å². The van der Waals surface area contributed by atoms with E-state index in [2.05, 4.69) is 0 Å². The maximum atomic E-state index is 12.3. The van der Waals surface area contributed by atoms with Gasteiger partial charge < -0.3 is 0 Å². The predicted octanol–water partition coefficient (Wildman–Crippen LogP) is 0.247. The molecule has 0 saturated carbocycles. The summed E-state index contributed by atoms with van der Waals surface area (Å²) in [6.45, 7) is 5.74. The van der Waals surface area contributed by atoms with E-state index in [1.165, 1.54) is 37.7 Å². The molecule has 2 aliphatic heterocycles. The summed E-state index contributed by atoms with van der Waals surface area (Å²) in [6, 6.07) is -1.07. The minimum absolute atomic E-state index is 0.474. The molecule has 2 saturated heterocycles. The Labute approximate surface area is 116 Å². The third kappa shape index (κ3) is 1.17. The van der Waals surface area contributed by atoms with Crippen LogP contribution in [0.2, 0.25) is 0 Å². The number of carbonyl (C=O) groups is 4. The van der Waals surface area contributed by atoms with Crippen molar-refractivity contribution in [2.45, 2.75) is 39.0 Å². The van der Waals surface area contributed by atoms with Gasteiger partial charge >= 0.3 is 12.1 Å². The molecule has 0 radical (unpaired) electrons. The van der Waals surface area contributed by atoms with Gasteiger partial charge in [-0.3, -0.25) is 19.4 Å². The van der Waals surface area contributed by atoms with Crippen LogP contribution in [-0.2, 0) is 9.59 Å². The van der Waals surface area contributed by atoms with Crippen LogP contribution >= 0.6 is 0 Å². The van der Waals surface area contributed by atoms with E-state index in [1.54, 1.807) is 13.8 Å². The molecule has 0 unspecified atom stereocenters. The lowest BCUT2D eigenvalue weighted by molar-refractivity contribution is -0.141. The molecule has 2 fully saturated rings. The summed E-state index contributed by atoms with van der Waals surface area (Å²) in [7, 11) is 2.96. The molecule has 8 nitrogen and oxygen atoms in total. The molecule has 0 aliphatic carbocycles. The van der Waals surface area contributed by atoms with Crippen molar-refractivity contribution in [2.75, 3.05) is 14.1 Å². The van der Waals surface area contributed by atoms with Gasteiger partial charge in [0.2, 0.25) is 11.8 Å². The number of hydrogen-bond acceptors (Lipinski definition) is 4. The molecule has 0 N–H and O–H groups in total. The van der Waals surface area contributed by atoms with Gasteiger partial charge in [-0.05, 0) is 13.8 Å². The molecule has 0 bridgehead atoms. The predicted molar refractivity (Wildman–Crippen MR) is 68.2 cm³/mol. The molecule has 0 aromatic carbocycles. The first-order valence-electron chi connectivity index (χ1n) is 6.20. The number of likely N-dealkylation sites (N-methyl/N-ethyl adjacent to an activating group) is 2. The third-order valence-corrected chi connectivity index (χ3v) is 4.66. The van der Waals surface area contributed by atoms with Crippen LogP contribution < -0.4 is 0 Å². The number of carbonyl (C=O) groups excluding carboxylic acids is 4. The fourth-order valence-electron chi connectivity index (χ4n) is 3.29. The van der Waals surface area contributed by atoms with Crippen LogP contribution in [0.25, 0.3) is 0 Å². The van der Waals surface area contributed by atoms with Crippen molar-refractivity contribution in [1.82, 2.24) is 19.6 Å². The van der Waals surface area contributed by atoms with E-state index in [0.717, 1.165) is 9.80 Å². The van der Waals surface area contributed by atoms with Gasteiger partial charge in [-0.1, -0.05) is 0 Å². The van der Waals surface area contributed by atoms with Crippen molar-refractivity contribution >= 4 is 23.9 Å².